The average molecular weight is 314 g/mol. The topological polar surface area (TPSA) is 69.2 Å². The van der Waals surface area contributed by atoms with Crippen LogP contribution >= 0.6 is 0 Å². The van der Waals surface area contributed by atoms with Gasteiger partial charge in [0.1, 0.15) is 5.75 Å². The number of carbonyl (C=O) groups is 1. The third-order valence-corrected chi connectivity index (χ3v) is 2.95. The van der Waals surface area contributed by atoms with Crippen LogP contribution in [0.25, 0.3) is 0 Å². The van der Waals surface area contributed by atoms with Gasteiger partial charge in [-0.15, -0.1) is 0 Å². The van der Waals surface area contributed by atoms with Gasteiger partial charge in [-0.1, -0.05) is 12.1 Å². The van der Waals surface area contributed by atoms with Crippen molar-refractivity contribution >= 4 is 12.1 Å². The van der Waals surface area contributed by atoms with E-state index < -0.39 is 0 Å². The van der Waals surface area contributed by atoms with Gasteiger partial charge in [-0.3, -0.25) is 4.79 Å². The molecule has 0 aliphatic carbocycles. The Morgan fingerprint density at radius 3 is 2.39 bits per heavy atom. The lowest BCUT2D eigenvalue weighted by Crippen LogP contribution is -2.24. The molecule has 0 radical (unpaired) electrons. The summed E-state index contributed by atoms with van der Waals surface area (Å²) in [7, 11) is 3.15. The van der Waals surface area contributed by atoms with Gasteiger partial charge in [-0.2, -0.15) is 5.10 Å². The molecule has 6 nitrogen and oxygen atoms in total. The summed E-state index contributed by atoms with van der Waals surface area (Å²) in [6.07, 6.45) is 1.54. The number of ether oxygens (including phenoxy) is 3. The second-order valence-electron chi connectivity index (χ2n) is 4.51. The van der Waals surface area contributed by atoms with Gasteiger partial charge in [0.2, 0.25) is 0 Å². The monoisotopic (exact) mass is 314 g/mol. The molecule has 0 heterocycles. The molecule has 0 atom stereocenters. The Morgan fingerprint density at radius 2 is 1.74 bits per heavy atom. The highest BCUT2D eigenvalue weighted by Crippen LogP contribution is 2.25. The van der Waals surface area contributed by atoms with E-state index in [4.69, 9.17) is 14.2 Å². The first-order chi connectivity index (χ1) is 11.2. The lowest BCUT2D eigenvalue weighted by Gasteiger charge is -2.09. The number of hydrogen-bond acceptors (Lipinski definition) is 5. The third kappa shape index (κ3) is 5.03. The fourth-order valence-corrected chi connectivity index (χ4v) is 1.78. The number of rotatable bonds is 7. The summed E-state index contributed by atoms with van der Waals surface area (Å²) in [4.78, 5) is 11.7. The molecule has 0 fully saturated rings. The van der Waals surface area contributed by atoms with Gasteiger partial charge in [0.05, 0.1) is 20.4 Å². The Hall–Kier alpha value is -3.02. The zero-order valence-corrected chi connectivity index (χ0v) is 13.0. The highest BCUT2D eigenvalue weighted by Gasteiger charge is 2.05. The second-order valence-corrected chi connectivity index (χ2v) is 4.51. The number of hydrazone groups is 1. The van der Waals surface area contributed by atoms with Gasteiger partial charge in [-0.25, -0.2) is 5.43 Å². The van der Waals surface area contributed by atoms with Gasteiger partial charge in [0, 0.05) is 0 Å². The van der Waals surface area contributed by atoms with E-state index in [9.17, 15) is 4.79 Å². The molecule has 0 bridgehead atoms. The van der Waals surface area contributed by atoms with Crippen molar-refractivity contribution in [2.24, 2.45) is 5.10 Å². The molecule has 0 saturated heterocycles. The smallest absolute Gasteiger partial charge is 0.277 e. The third-order valence-electron chi connectivity index (χ3n) is 2.95. The Labute approximate surface area is 134 Å². The second kappa shape index (κ2) is 8.43. The van der Waals surface area contributed by atoms with E-state index in [1.165, 1.54) is 0 Å². The molecule has 23 heavy (non-hydrogen) atoms. The van der Waals surface area contributed by atoms with E-state index in [-0.39, 0.29) is 12.5 Å². The van der Waals surface area contributed by atoms with Crippen molar-refractivity contribution in [2.75, 3.05) is 20.8 Å². The summed E-state index contributed by atoms with van der Waals surface area (Å²) in [6, 6.07) is 14.4. The highest BCUT2D eigenvalue weighted by molar-refractivity contribution is 5.83. The summed E-state index contributed by atoms with van der Waals surface area (Å²) >= 11 is 0. The molecule has 120 valence electrons. The number of nitrogens with zero attached hydrogens (tertiary/aromatic N) is 1. The van der Waals surface area contributed by atoms with Gasteiger partial charge in [-0.05, 0) is 42.0 Å². The minimum absolute atomic E-state index is 0.152. The first kappa shape index (κ1) is 16.4. The largest absolute Gasteiger partial charge is 0.497 e. The molecule has 2 aromatic rings. The van der Waals surface area contributed by atoms with Crippen LogP contribution in [0, 0.1) is 0 Å². The van der Waals surface area contributed by atoms with Gasteiger partial charge in [0.25, 0.3) is 5.91 Å². The predicted molar refractivity (Wildman–Crippen MR) is 87.2 cm³/mol. The Balaban J connectivity index is 1.81. The number of nitrogens with one attached hydrogen (secondary N) is 1. The molecule has 0 unspecified atom stereocenters. The van der Waals surface area contributed by atoms with Crippen LogP contribution in [-0.2, 0) is 4.79 Å². The van der Waals surface area contributed by atoms with Gasteiger partial charge < -0.3 is 14.2 Å². The standard InChI is InChI=1S/C17H18N2O4/c1-21-14-9-7-13(8-10-14)11-18-19-17(20)12-23-16-6-4-3-5-15(16)22-2/h3-11H,12H2,1-2H3,(H,19,20)/b18-11+. The molecule has 6 heteroatoms. The normalized spacial score (nSPS) is 10.3. The van der Waals surface area contributed by atoms with Crippen molar-refractivity contribution in [3.8, 4) is 17.2 Å². The molecule has 0 spiro atoms. The maximum Gasteiger partial charge on any atom is 0.277 e. The summed E-state index contributed by atoms with van der Waals surface area (Å²) in [5.41, 5.74) is 3.25. The van der Waals surface area contributed by atoms with Crippen molar-refractivity contribution in [3.05, 3.63) is 54.1 Å². The molecular weight excluding hydrogens is 296 g/mol. The predicted octanol–water partition coefficient (Wildman–Crippen LogP) is 2.23. The molecule has 2 rings (SSSR count). The van der Waals surface area contributed by atoms with Crippen molar-refractivity contribution in [2.45, 2.75) is 0 Å². The van der Waals surface area contributed by atoms with E-state index in [1.807, 2.05) is 30.3 Å². The van der Waals surface area contributed by atoms with E-state index >= 15 is 0 Å². The number of carbonyl (C=O) groups excluding carboxylic acids is 1. The summed E-state index contributed by atoms with van der Waals surface area (Å²) in [5, 5.41) is 3.88. The number of hydrogen-bond donors (Lipinski definition) is 1. The van der Waals surface area contributed by atoms with E-state index in [0.29, 0.717) is 11.5 Å². The fraction of sp³-hybridized carbons (Fsp3) is 0.176. The number of benzene rings is 2. The highest BCUT2D eigenvalue weighted by atomic mass is 16.5. The van der Waals surface area contributed by atoms with Crippen LogP contribution in [0.2, 0.25) is 0 Å². The molecular formula is C17H18N2O4. The molecule has 0 aromatic heterocycles. The first-order valence-electron chi connectivity index (χ1n) is 6.94. The minimum atomic E-state index is -0.360. The van der Waals surface area contributed by atoms with E-state index in [2.05, 4.69) is 10.5 Å². The fourth-order valence-electron chi connectivity index (χ4n) is 1.78. The van der Waals surface area contributed by atoms with Gasteiger partial charge >= 0.3 is 0 Å². The molecule has 0 aliphatic rings. The summed E-state index contributed by atoms with van der Waals surface area (Å²) < 4.78 is 15.6. The lowest BCUT2D eigenvalue weighted by molar-refractivity contribution is -0.123. The van der Waals surface area contributed by atoms with Crippen LogP contribution in [0.4, 0.5) is 0 Å². The Bertz CT molecular complexity index is 669. The Kier molecular flexibility index (Phi) is 5.99. The molecule has 0 saturated carbocycles. The SMILES string of the molecule is COc1ccc(/C=N/NC(=O)COc2ccccc2OC)cc1. The van der Waals surface area contributed by atoms with Gasteiger partial charge in [0.15, 0.2) is 18.1 Å². The molecule has 1 N–H and O–H groups in total. The molecule has 1 amide bonds. The average Bonchev–Trinajstić information content (AvgIpc) is 2.60. The van der Waals surface area contributed by atoms with Crippen LogP contribution < -0.4 is 19.6 Å². The van der Waals surface area contributed by atoms with Crippen LogP contribution in [0.15, 0.2) is 53.6 Å². The number of amides is 1. The molecule has 2 aromatic carbocycles. The zero-order valence-electron chi connectivity index (χ0n) is 13.0. The lowest BCUT2D eigenvalue weighted by atomic mass is 10.2. The van der Waals surface area contributed by atoms with Crippen molar-refractivity contribution in [3.63, 3.8) is 0 Å². The Morgan fingerprint density at radius 1 is 1.04 bits per heavy atom. The zero-order chi connectivity index (χ0) is 16.5. The summed E-state index contributed by atoms with van der Waals surface area (Å²) in [6.45, 7) is -0.152. The quantitative estimate of drug-likeness (QED) is 0.628. The first-order valence-corrected chi connectivity index (χ1v) is 6.94. The van der Waals surface area contributed by atoms with Crippen molar-refractivity contribution in [1.82, 2.24) is 5.43 Å². The van der Waals surface area contributed by atoms with Crippen molar-refractivity contribution in [1.29, 1.82) is 0 Å². The summed E-state index contributed by atoms with van der Waals surface area (Å²) in [5.74, 6) is 1.48. The van der Waals surface area contributed by atoms with E-state index in [1.54, 1.807) is 38.6 Å². The van der Waals surface area contributed by atoms with Crippen molar-refractivity contribution < 1.29 is 19.0 Å². The number of methoxy groups -OCH3 is 2. The van der Waals surface area contributed by atoms with E-state index in [0.717, 1.165) is 11.3 Å². The maximum absolute atomic E-state index is 11.7. The minimum Gasteiger partial charge on any atom is -0.497 e. The van der Waals surface area contributed by atoms with Crippen LogP contribution in [-0.4, -0.2) is 32.9 Å². The number of para-hydroxylation sites is 2. The van der Waals surface area contributed by atoms with Crippen LogP contribution in [0.1, 0.15) is 5.56 Å². The van der Waals surface area contributed by atoms with Crippen LogP contribution in [0.3, 0.4) is 0 Å². The van der Waals surface area contributed by atoms with Crippen LogP contribution in [0.5, 0.6) is 17.2 Å². The maximum atomic E-state index is 11.7. The molecule has 0 aliphatic heterocycles.